The molecule has 0 aromatic heterocycles. The van der Waals surface area contributed by atoms with Gasteiger partial charge in [-0.3, -0.25) is 4.90 Å². The Morgan fingerprint density at radius 3 is 2.09 bits per heavy atom. The fraction of sp³-hybridized carbons (Fsp3) is 0.333. The Labute approximate surface area is 201 Å². The van der Waals surface area contributed by atoms with E-state index in [1.807, 2.05) is 36.4 Å². The Morgan fingerprint density at radius 1 is 0.912 bits per heavy atom. The number of ether oxygens (including phenoxy) is 2. The summed E-state index contributed by atoms with van der Waals surface area (Å²) in [5.41, 5.74) is 2.63. The summed E-state index contributed by atoms with van der Waals surface area (Å²) in [5, 5.41) is 0. The SMILES string of the molecule is COc1ccc(F)c(CN2CCC(COc3ccc(-c4ccc(S(C)(=O)=O)cc4)cc3)CC2)c1. The topological polar surface area (TPSA) is 55.8 Å². The summed E-state index contributed by atoms with van der Waals surface area (Å²) in [5.74, 6) is 1.77. The van der Waals surface area contributed by atoms with Crippen LogP contribution in [-0.2, 0) is 16.4 Å². The van der Waals surface area contributed by atoms with Crippen molar-refractivity contribution in [1.29, 1.82) is 0 Å². The second kappa shape index (κ2) is 10.6. The maximum atomic E-state index is 14.1. The standard InChI is InChI=1S/C27H30FNO4S/c1-32-25-9-12-27(28)23(17-25)18-29-15-13-20(14-16-29)19-33-24-7-3-21(4-8-24)22-5-10-26(11-6-22)34(2,30)31/h3-12,17,20H,13-16,18-19H2,1-2H3. The van der Waals surface area contributed by atoms with Crippen LogP contribution in [0.1, 0.15) is 18.4 Å². The first kappa shape index (κ1) is 24.2. The smallest absolute Gasteiger partial charge is 0.175 e. The van der Waals surface area contributed by atoms with Crippen LogP contribution < -0.4 is 9.47 Å². The molecule has 0 atom stereocenters. The summed E-state index contributed by atoms with van der Waals surface area (Å²) in [7, 11) is -1.60. The first-order valence-corrected chi connectivity index (χ1v) is 13.3. The van der Waals surface area contributed by atoms with Crippen LogP contribution in [0.5, 0.6) is 11.5 Å². The molecule has 0 radical (unpaired) electrons. The number of piperidine rings is 1. The van der Waals surface area contributed by atoms with Crippen molar-refractivity contribution < 1.29 is 22.3 Å². The number of methoxy groups -OCH3 is 1. The van der Waals surface area contributed by atoms with E-state index in [0.29, 0.717) is 35.3 Å². The van der Waals surface area contributed by atoms with Gasteiger partial charge in [0.2, 0.25) is 0 Å². The van der Waals surface area contributed by atoms with Gasteiger partial charge in [-0.1, -0.05) is 24.3 Å². The lowest BCUT2D eigenvalue weighted by Gasteiger charge is -2.32. The van der Waals surface area contributed by atoms with Crippen LogP contribution in [0.15, 0.2) is 71.6 Å². The minimum atomic E-state index is -3.20. The molecule has 4 rings (SSSR count). The van der Waals surface area contributed by atoms with Crippen LogP contribution in [0.3, 0.4) is 0 Å². The molecule has 0 N–H and O–H groups in total. The minimum Gasteiger partial charge on any atom is -0.497 e. The van der Waals surface area contributed by atoms with Crippen LogP contribution in [0.25, 0.3) is 11.1 Å². The molecular weight excluding hydrogens is 453 g/mol. The van der Waals surface area contributed by atoms with Crippen LogP contribution in [0.2, 0.25) is 0 Å². The van der Waals surface area contributed by atoms with Gasteiger partial charge in [0, 0.05) is 18.4 Å². The van der Waals surface area contributed by atoms with Crippen molar-refractivity contribution in [2.45, 2.75) is 24.3 Å². The highest BCUT2D eigenvalue weighted by Gasteiger charge is 2.21. The van der Waals surface area contributed by atoms with Crippen LogP contribution >= 0.6 is 0 Å². The van der Waals surface area contributed by atoms with Gasteiger partial charge in [0.25, 0.3) is 0 Å². The van der Waals surface area contributed by atoms with Crippen molar-refractivity contribution in [3.8, 4) is 22.6 Å². The third kappa shape index (κ3) is 6.15. The molecule has 0 spiro atoms. The van der Waals surface area contributed by atoms with Gasteiger partial charge in [0.05, 0.1) is 18.6 Å². The van der Waals surface area contributed by atoms with Gasteiger partial charge < -0.3 is 9.47 Å². The number of sulfone groups is 1. The second-order valence-electron chi connectivity index (χ2n) is 8.81. The van der Waals surface area contributed by atoms with E-state index >= 15 is 0 Å². The molecule has 1 fully saturated rings. The van der Waals surface area contributed by atoms with E-state index in [1.54, 1.807) is 31.4 Å². The molecule has 0 bridgehead atoms. The lowest BCUT2D eigenvalue weighted by atomic mass is 9.97. The molecule has 0 amide bonds. The summed E-state index contributed by atoms with van der Waals surface area (Å²) in [6.45, 7) is 3.06. The molecule has 1 heterocycles. The zero-order valence-electron chi connectivity index (χ0n) is 19.5. The van der Waals surface area contributed by atoms with Crippen LogP contribution in [0.4, 0.5) is 4.39 Å². The number of benzene rings is 3. The van der Waals surface area contributed by atoms with Gasteiger partial charge >= 0.3 is 0 Å². The Hall–Kier alpha value is -2.90. The number of rotatable bonds is 8. The molecule has 180 valence electrons. The largest absolute Gasteiger partial charge is 0.497 e. The number of likely N-dealkylation sites (tertiary alicyclic amines) is 1. The molecule has 0 unspecified atom stereocenters. The number of hydrogen-bond acceptors (Lipinski definition) is 5. The molecule has 7 heteroatoms. The predicted molar refractivity (Wildman–Crippen MR) is 131 cm³/mol. The highest BCUT2D eigenvalue weighted by molar-refractivity contribution is 7.90. The third-order valence-corrected chi connectivity index (χ3v) is 7.44. The maximum absolute atomic E-state index is 14.1. The zero-order valence-corrected chi connectivity index (χ0v) is 20.4. The number of nitrogens with zero attached hydrogens (tertiary/aromatic N) is 1. The van der Waals surface area contributed by atoms with Crippen LogP contribution in [0, 0.1) is 11.7 Å². The number of hydrogen-bond donors (Lipinski definition) is 0. The molecule has 34 heavy (non-hydrogen) atoms. The summed E-state index contributed by atoms with van der Waals surface area (Å²) in [6, 6.07) is 19.6. The molecule has 3 aromatic rings. The van der Waals surface area contributed by atoms with E-state index in [9.17, 15) is 12.8 Å². The first-order valence-electron chi connectivity index (χ1n) is 11.4. The van der Waals surface area contributed by atoms with Crippen molar-refractivity contribution in [2.75, 3.05) is 33.1 Å². The van der Waals surface area contributed by atoms with E-state index in [0.717, 1.165) is 42.8 Å². The first-order chi connectivity index (χ1) is 16.3. The lowest BCUT2D eigenvalue weighted by molar-refractivity contribution is 0.135. The predicted octanol–water partition coefficient (Wildman–Crippen LogP) is 5.20. The summed E-state index contributed by atoms with van der Waals surface area (Å²) < 4.78 is 48.6. The van der Waals surface area contributed by atoms with Crippen molar-refractivity contribution in [2.24, 2.45) is 5.92 Å². The normalized spacial score (nSPS) is 15.3. The summed E-state index contributed by atoms with van der Waals surface area (Å²) >= 11 is 0. The fourth-order valence-electron chi connectivity index (χ4n) is 4.20. The Morgan fingerprint density at radius 2 is 1.50 bits per heavy atom. The Balaban J connectivity index is 1.26. The minimum absolute atomic E-state index is 0.193. The van der Waals surface area contributed by atoms with Crippen LogP contribution in [-0.4, -0.2) is 46.4 Å². The van der Waals surface area contributed by atoms with E-state index in [4.69, 9.17) is 9.47 Å². The summed E-state index contributed by atoms with van der Waals surface area (Å²) in [6.07, 6.45) is 3.23. The number of halogens is 1. The van der Waals surface area contributed by atoms with E-state index < -0.39 is 9.84 Å². The molecule has 0 saturated carbocycles. The average molecular weight is 484 g/mol. The van der Waals surface area contributed by atoms with Gasteiger partial charge in [-0.2, -0.15) is 0 Å². The van der Waals surface area contributed by atoms with Crippen molar-refractivity contribution >= 4 is 9.84 Å². The van der Waals surface area contributed by atoms with Gasteiger partial charge in [-0.25, -0.2) is 12.8 Å². The molecule has 0 aliphatic carbocycles. The molecule has 1 aliphatic rings. The Bertz CT molecular complexity index is 1200. The lowest BCUT2D eigenvalue weighted by Crippen LogP contribution is -2.35. The van der Waals surface area contributed by atoms with Gasteiger partial charge in [-0.05, 0) is 85.4 Å². The molecular formula is C27H30FNO4S. The monoisotopic (exact) mass is 483 g/mol. The fourth-order valence-corrected chi connectivity index (χ4v) is 4.83. The maximum Gasteiger partial charge on any atom is 0.175 e. The van der Waals surface area contributed by atoms with Gasteiger partial charge in [0.15, 0.2) is 9.84 Å². The molecule has 1 saturated heterocycles. The zero-order chi connectivity index (χ0) is 24.1. The average Bonchev–Trinajstić information content (AvgIpc) is 2.85. The highest BCUT2D eigenvalue weighted by atomic mass is 32.2. The Kier molecular flexibility index (Phi) is 7.54. The summed E-state index contributed by atoms with van der Waals surface area (Å²) in [4.78, 5) is 2.59. The van der Waals surface area contributed by atoms with Crippen molar-refractivity contribution in [1.82, 2.24) is 4.90 Å². The van der Waals surface area contributed by atoms with E-state index in [-0.39, 0.29) is 5.82 Å². The molecule has 5 nitrogen and oxygen atoms in total. The van der Waals surface area contributed by atoms with Gasteiger partial charge in [-0.15, -0.1) is 0 Å². The third-order valence-electron chi connectivity index (χ3n) is 6.31. The second-order valence-corrected chi connectivity index (χ2v) is 10.8. The van der Waals surface area contributed by atoms with Crippen molar-refractivity contribution in [3.63, 3.8) is 0 Å². The molecule has 3 aromatic carbocycles. The van der Waals surface area contributed by atoms with E-state index in [1.165, 1.54) is 12.3 Å². The van der Waals surface area contributed by atoms with Gasteiger partial charge in [0.1, 0.15) is 17.3 Å². The highest BCUT2D eigenvalue weighted by Crippen LogP contribution is 2.26. The van der Waals surface area contributed by atoms with Crippen molar-refractivity contribution in [3.05, 3.63) is 78.1 Å². The quantitative estimate of drug-likeness (QED) is 0.441. The molecule has 1 aliphatic heterocycles. The van der Waals surface area contributed by atoms with E-state index in [2.05, 4.69) is 4.90 Å².